The number of β-amino-alcohol motifs (C(OH)–C–C–N with tert-alkyl or cyclic N) is 1. The molecule has 1 aromatic heterocycles. The summed E-state index contributed by atoms with van der Waals surface area (Å²) in [6, 6.07) is 9.99. The van der Waals surface area contributed by atoms with Crippen molar-refractivity contribution >= 4 is 32.4 Å². The van der Waals surface area contributed by atoms with Crippen LogP contribution < -0.4 is 4.90 Å². The van der Waals surface area contributed by atoms with Gasteiger partial charge in [-0.1, -0.05) is 39.4 Å². The molecule has 0 bridgehead atoms. The Balaban J connectivity index is 1.70. The predicted octanol–water partition coefficient (Wildman–Crippen LogP) is 2.36. The fourth-order valence-electron chi connectivity index (χ4n) is 2.53. The number of halogens is 1. The standard InChI is InChI=1S/C14H13BrN4OS/c15-11-3-1-10(2-4-11)7-14(20)5-6-19(9-14)13-18-17-12(8-16)21-13/h1-4,20H,5-7,9H2. The molecule has 2 heterocycles. The number of nitriles is 1. The lowest BCUT2D eigenvalue weighted by atomic mass is 9.94. The van der Waals surface area contributed by atoms with Gasteiger partial charge in [0.15, 0.2) is 0 Å². The van der Waals surface area contributed by atoms with Crippen LogP contribution in [0.15, 0.2) is 28.7 Å². The van der Waals surface area contributed by atoms with E-state index in [2.05, 4.69) is 26.1 Å². The van der Waals surface area contributed by atoms with Crippen LogP contribution in [-0.2, 0) is 6.42 Å². The highest BCUT2D eigenvalue weighted by atomic mass is 79.9. The number of aliphatic hydroxyl groups is 1. The van der Waals surface area contributed by atoms with Crippen LogP contribution in [-0.4, -0.2) is 34.0 Å². The van der Waals surface area contributed by atoms with Gasteiger partial charge in [-0.25, -0.2) is 0 Å². The van der Waals surface area contributed by atoms with Crippen LogP contribution in [0.3, 0.4) is 0 Å². The zero-order valence-electron chi connectivity index (χ0n) is 11.2. The number of aromatic nitrogens is 2. The number of hydrogen-bond acceptors (Lipinski definition) is 6. The Morgan fingerprint density at radius 1 is 1.38 bits per heavy atom. The van der Waals surface area contributed by atoms with Gasteiger partial charge in [-0.2, -0.15) is 5.26 Å². The molecule has 3 rings (SSSR count). The molecule has 7 heteroatoms. The van der Waals surface area contributed by atoms with Gasteiger partial charge in [0, 0.05) is 24.0 Å². The normalized spacial score (nSPS) is 21.5. The van der Waals surface area contributed by atoms with E-state index in [9.17, 15) is 5.11 Å². The summed E-state index contributed by atoms with van der Waals surface area (Å²) in [7, 11) is 0. The molecule has 0 aliphatic carbocycles. The summed E-state index contributed by atoms with van der Waals surface area (Å²) >= 11 is 4.67. The second-order valence-corrected chi connectivity index (χ2v) is 7.07. The Bertz CT molecular complexity index is 681. The summed E-state index contributed by atoms with van der Waals surface area (Å²) in [5, 5.41) is 28.4. The molecule has 1 saturated heterocycles. The van der Waals surface area contributed by atoms with Crippen LogP contribution in [0, 0.1) is 11.3 Å². The minimum Gasteiger partial charge on any atom is -0.388 e. The number of rotatable bonds is 3. The highest BCUT2D eigenvalue weighted by Crippen LogP contribution is 2.31. The molecule has 1 fully saturated rings. The molecular formula is C14H13BrN4OS. The first kappa shape index (κ1) is 14.4. The molecule has 1 atom stereocenters. The molecule has 108 valence electrons. The molecule has 1 unspecified atom stereocenters. The fraction of sp³-hybridized carbons (Fsp3) is 0.357. The summed E-state index contributed by atoms with van der Waals surface area (Å²) in [5.41, 5.74) is 0.351. The van der Waals surface area contributed by atoms with E-state index in [1.54, 1.807) is 0 Å². The smallest absolute Gasteiger partial charge is 0.219 e. The second-order valence-electron chi connectivity index (χ2n) is 5.20. The van der Waals surface area contributed by atoms with Crippen molar-refractivity contribution in [2.75, 3.05) is 18.0 Å². The van der Waals surface area contributed by atoms with Gasteiger partial charge in [0.1, 0.15) is 6.07 Å². The summed E-state index contributed by atoms with van der Waals surface area (Å²) in [6.07, 6.45) is 1.30. The van der Waals surface area contributed by atoms with Crippen molar-refractivity contribution in [2.45, 2.75) is 18.4 Å². The summed E-state index contributed by atoms with van der Waals surface area (Å²) in [5.74, 6) is 0. The average Bonchev–Trinajstić information content (AvgIpc) is 3.08. The monoisotopic (exact) mass is 364 g/mol. The topological polar surface area (TPSA) is 73.0 Å². The van der Waals surface area contributed by atoms with Gasteiger partial charge in [-0.15, -0.1) is 10.2 Å². The van der Waals surface area contributed by atoms with Crippen LogP contribution in [0.25, 0.3) is 0 Å². The van der Waals surface area contributed by atoms with E-state index in [1.807, 2.05) is 35.2 Å². The Morgan fingerprint density at radius 2 is 2.14 bits per heavy atom. The first-order valence-corrected chi connectivity index (χ1v) is 8.14. The highest BCUT2D eigenvalue weighted by Gasteiger charge is 2.37. The lowest BCUT2D eigenvalue weighted by Gasteiger charge is -2.23. The average molecular weight is 365 g/mol. The third-order valence-electron chi connectivity index (χ3n) is 3.56. The fourth-order valence-corrected chi connectivity index (χ4v) is 3.47. The molecule has 0 spiro atoms. The maximum absolute atomic E-state index is 10.7. The maximum Gasteiger partial charge on any atom is 0.219 e. The third kappa shape index (κ3) is 3.23. The molecule has 1 aromatic carbocycles. The van der Waals surface area contributed by atoms with Gasteiger partial charge < -0.3 is 10.0 Å². The van der Waals surface area contributed by atoms with Crippen molar-refractivity contribution in [1.29, 1.82) is 5.26 Å². The zero-order valence-corrected chi connectivity index (χ0v) is 13.6. The molecule has 0 amide bonds. The molecule has 2 aromatic rings. The van der Waals surface area contributed by atoms with Crippen molar-refractivity contribution in [3.63, 3.8) is 0 Å². The van der Waals surface area contributed by atoms with Crippen LogP contribution in [0.4, 0.5) is 5.13 Å². The predicted molar refractivity (Wildman–Crippen MR) is 84.2 cm³/mol. The second kappa shape index (κ2) is 5.72. The lowest BCUT2D eigenvalue weighted by molar-refractivity contribution is 0.0637. The van der Waals surface area contributed by atoms with Crippen LogP contribution >= 0.6 is 27.3 Å². The minimum atomic E-state index is -0.758. The van der Waals surface area contributed by atoms with E-state index in [0.717, 1.165) is 16.6 Å². The van der Waals surface area contributed by atoms with Crippen molar-refractivity contribution < 1.29 is 5.11 Å². The molecule has 21 heavy (non-hydrogen) atoms. The van der Waals surface area contributed by atoms with Gasteiger partial charge in [-0.05, 0) is 24.1 Å². The molecular weight excluding hydrogens is 352 g/mol. The molecule has 1 aliphatic heterocycles. The van der Waals surface area contributed by atoms with Crippen LogP contribution in [0.5, 0.6) is 0 Å². The van der Waals surface area contributed by atoms with Crippen molar-refractivity contribution in [3.05, 3.63) is 39.3 Å². The minimum absolute atomic E-state index is 0.355. The SMILES string of the molecule is N#Cc1nnc(N2CCC(O)(Cc3ccc(Br)cc3)C2)s1. The molecule has 0 saturated carbocycles. The summed E-state index contributed by atoms with van der Waals surface area (Å²) < 4.78 is 1.03. The number of anilines is 1. The van der Waals surface area contributed by atoms with E-state index in [4.69, 9.17) is 5.26 Å². The van der Waals surface area contributed by atoms with E-state index in [1.165, 1.54) is 11.3 Å². The van der Waals surface area contributed by atoms with E-state index >= 15 is 0 Å². The first-order valence-electron chi connectivity index (χ1n) is 6.53. The molecule has 0 radical (unpaired) electrons. The Kier molecular flexibility index (Phi) is 3.93. The molecule has 1 N–H and O–H groups in total. The van der Waals surface area contributed by atoms with Gasteiger partial charge in [0.25, 0.3) is 0 Å². The van der Waals surface area contributed by atoms with E-state index in [0.29, 0.717) is 29.5 Å². The van der Waals surface area contributed by atoms with Gasteiger partial charge >= 0.3 is 0 Å². The lowest BCUT2D eigenvalue weighted by Crippen LogP contribution is -2.35. The number of hydrogen-bond donors (Lipinski definition) is 1. The van der Waals surface area contributed by atoms with Gasteiger partial charge in [0.2, 0.25) is 10.1 Å². The number of benzene rings is 1. The Hall–Kier alpha value is -1.49. The summed E-state index contributed by atoms with van der Waals surface area (Å²) in [6.45, 7) is 1.25. The van der Waals surface area contributed by atoms with Crippen LogP contribution in [0.1, 0.15) is 17.0 Å². The molecule has 1 aliphatic rings. The Morgan fingerprint density at radius 3 is 2.81 bits per heavy atom. The Labute approximate surface area is 135 Å². The zero-order chi connectivity index (χ0) is 14.9. The van der Waals surface area contributed by atoms with Crippen molar-refractivity contribution in [3.8, 4) is 6.07 Å². The van der Waals surface area contributed by atoms with E-state index in [-0.39, 0.29) is 0 Å². The van der Waals surface area contributed by atoms with Crippen molar-refractivity contribution in [1.82, 2.24) is 10.2 Å². The largest absolute Gasteiger partial charge is 0.388 e. The van der Waals surface area contributed by atoms with Crippen LogP contribution in [0.2, 0.25) is 0 Å². The van der Waals surface area contributed by atoms with Gasteiger partial charge in [0.05, 0.1) is 5.60 Å². The van der Waals surface area contributed by atoms with Gasteiger partial charge in [-0.3, -0.25) is 0 Å². The van der Waals surface area contributed by atoms with E-state index < -0.39 is 5.60 Å². The maximum atomic E-state index is 10.7. The highest BCUT2D eigenvalue weighted by molar-refractivity contribution is 9.10. The third-order valence-corrected chi connectivity index (χ3v) is 4.98. The van der Waals surface area contributed by atoms with Crippen molar-refractivity contribution in [2.24, 2.45) is 0 Å². The number of nitrogens with zero attached hydrogens (tertiary/aromatic N) is 4. The molecule has 5 nitrogen and oxygen atoms in total. The quantitative estimate of drug-likeness (QED) is 0.904. The summed E-state index contributed by atoms with van der Waals surface area (Å²) in [4.78, 5) is 2.00. The first-order chi connectivity index (χ1) is 10.1.